The average molecular weight is 336 g/mol. The van der Waals surface area contributed by atoms with Gasteiger partial charge >= 0.3 is 6.09 Å². The fourth-order valence-corrected chi connectivity index (χ4v) is 4.27. The van der Waals surface area contributed by atoms with Crippen molar-refractivity contribution in [2.45, 2.75) is 45.3 Å². The van der Waals surface area contributed by atoms with Gasteiger partial charge < -0.3 is 15.0 Å². The molecule has 1 saturated carbocycles. The summed E-state index contributed by atoms with van der Waals surface area (Å²) in [5.74, 6) is 0.930. The van der Waals surface area contributed by atoms with E-state index in [4.69, 9.17) is 4.74 Å². The molecule has 2 aliphatic rings. The van der Waals surface area contributed by atoms with E-state index < -0.39 is 5.60 Å². The van der Waals surface area contributed by atoms with Crippen molar-refractivity contribution in [3.63, 3.8) is 0 Å². The van der Waals surface area contributed by atoms with E-state index >= 15 is 0 Å². The van der Waals surface area contributed by atoms with Crippen LogP contribution in [0.25, 0.3) is 0 Å². The van der Waals surface area contributed by atoms with E-state index in [1.807, 2.05) is 42.5 Å². The fraction of sp³-hybridized carbons (Fsp3) is 0.647. The zero-order valence-corrected chi connectivity index (χ0v) is 14.7. The van der Waals surface area contributed by atoms with Crippen LogP contribution < -0.4 is 5.32 Å². The largest absolute Gasteiger partial charge is 0.444 e. The summed E-state index contributed by atoms with van der Waals surface area (Å²) in [5, 5.41) is 6.83. The molecule has 2 fully saturated rings. The number of rotatable bonds is 2. The summed E-state index contributed by atoms with van der Waals surface area (Å²) >= 11 is 1.54. The molecule has 1 aliphatic heterocycles. The third kappa shape index (κ3) is 3.68. The van der Waals surface area contributed by atoms with Crippen LogP contribution in [-0.4, -0.2) is 41.6 Å². The first-order chi connectivity index (χ1) is 10.8. The molecule has 5 nitrogen and oxygen atoms in total. The summed E-state index contributed by atoms with van der Waals surface area (Å²) in [6, 6.07) is 1.98. The molecule has 6 heteroatoms. The lowest BCUT2D eigenvalue weighted by molar-refractivity contribution is 0.0491. The quantitative estimate of drug-likeness (QED) is 0.903. The van der Waals surface area contributed by atoms with Crippen molar-refractivity contribution >= 4 is 23.3 Å². The van der Waals surface area contributed by atoms with Crippen LogP contribution in [0.1, 0.15) is 44.0 Å². The normalized spacial score (nSPS) is 26.9. The molecule has 1 N–H and O–H groups in total. The van der Waals surface area contributed by atoms with Gasteiger partial charge in [-0.25, -0.2) is 4.79 Å². The standard InChI is InChI=1S/C17H24N2O3S/c1-17(2,3)22-16(21)18-14-5-4-11-8-19(9-13(11)14)15(20)12-6-7-23-10-12/h6-7,10-11,13-14H,4-5,8-9H2,1-3H3,(H,18,21)/t11-,13+,14-/m1/s1. The second-order valence-electron chi connectivity index (χ2n) is 7.48. The van der Waals surface area contributed by atoms with Gasteiger partial charge in [0.1, 0.15) is 5.60 Å². The van der Waals surface area contributed by atoms with Crippen molar-refractivity contribution in [2.24, 2.45) is 11.8 Å². The van der Waals surface area contributed by atoms with Gasteiger partial charge in [0.2, 0.25) is 0 Å². The smallest absolute Gasteiger partial charge is 0.407 e. The molecular weight excluding hydrogens is 312 g/mol. The maximum absolute atomic E-state index is 12.5. The Bertz CT molecular complexity index is 579. The molecule has 0 radical (unpaired) electrons. The number of thiophene rings is 1. The minimum Gasteiger partial charge on any atom is -0.444 e. The number of alkyl carbamates (subject to hydrolysis) is 1. The van der Waals surface area contributed by atoms with Gasteiger partial charge in [0.05, 0.1) is 5.56 Å². The summed E-state index contributed by atoms with van der Waals surface area (Å²) in [6.45, 7) is 7.11. The number of amides is 2. The Balaban J connectivity index is 1.59. The van der Waals surface area contributed by atoms with Gasteiger partial charge in [-0.05, 0) is 51.0 Å². The topological polar surface area (TPSA) is 58.6 Å². The highest BCUT2D eigenvalue weighted by molar-refractivity contribution is 7.08. The maximum atomic E-state index is 12.5. The maximum Gasteiger partial charge on any atom is 0.407 e. The molecule has 0 unspecified atom stereocenters. The van der Waals surface area contributed by atoms with E-state index in [1.165, 1.54) is 0 Å². The zero-order chi connectivity index (χ0) is 16.6. The minimum absolute atomic E-state index is 0.107. The van der Waals surface area contributed by atoms with Crippen LogP contribution in [-0.2, 0) is 4.74 Å². The van der Waals surface area contributed by atoms with Crippen molar-refractivity contribution in [1.29, 1.82) is 0 Å². The highest BCUT2D eigenvalue weighted by Gasteiger charge is 2.45. The molecule has 0 spiro atoms. The van der Waals surface area contributed by atoms with Gasteiger partial charge in [0, 0.05) is 30.4 Å². The number of ether oxygens (including phenoxy) is 1. The number of carbonyl (C=O) groups excluding carboxylic acids is 2. The zero-order valence-electron chi connectivity index (χ0n) is 13.9. The van der Waals surface area contributed by atoms with Crippen LogP contribution in [0.4, 0.5) is 4.79 Å². The van der Waals surface area contributed by atoms with E-state index in [1.54, 1.807) is 11.3 Å². The highest BCUT2D eigenvalue weighted by atomic mass is 32.1. The molecule has 1 aromatic heterocycles. The van der Waals surface area contributed by atoms with E-state index in [-0.39, 0.29) is 18.0 Å². The number of likely N-dealkylation sites (tertiary alicyclic amines) is 1. The molecule has 126 valence electrons. The van der Waals surface area contributed by atoms with E-state index in [0.29, 0.717) is 11.8 Å². The van der Waals surface area contributed by atoms with Crippen molar-refractivity contribution in [2.75, 3.05) is 13.1 Å². The van der Waals surface area contributed by atoms with E-state index in [9.17, 15) is 9.59 Å². The minimum atomic E-state index is -0.487. The summed E-state index contributed by atoms with van der Waals surface area (Å²) in [5.41, 5.74) is 0.283. The Hall–Kier alpha value is -1.56. The monoisotopic (exact) mass is 336 g/mol. The van der Waals surface area contributed by atoms with Crippen molar-refractivity contribution in [3.8, 4) is 0 Å². The van der Waals surface area contributed by atoms with E-state index in [0.717, 1.165) is 31.5 Å². The first-order valence-electron chi connectivity index (χ1n) is 8.14. The van der Waals surface area contributed by atoms with Crippen LogP contribution in [0.15, 0.2) is 16.8 Å². The van der Waals surface area contributed by atoms with Gasteiger partial charge in [-0.15, -0.1) is 0 Å². The molecular formula is C17H24N2O3S. The first-order valence-corrected chi connectivity index (χ1v) is 9.09. The van der Waals surface area contributed by atoms with Crippen molar-refractivity contribution in [1.82, 2.24) is 10.2 Å². The summed E-state index contributed by atoms with van der Waals surface area (Å²) in [7, 11) is 0. The lowest BCUT2D eigenvalue weighted by Gasteiger charge is -2.25. The number of nitrogens with one attached hydrogen (secondary N) is 1. The lowest BCUT2D eigenvalue weighted by atomic mass is 9.98. The second kappa shape index (κ2) is 6.15. The summed E-state index contributed by atoms with van der Waals surface area (Å²) < 4.78 is 5.35. The van der Waals surface area contributed by atoms with Gasteiger partial charge in [-0.2, -0.15) is 11.3 Å². The van der Waals surface area contributed by atoms with E-state index in [2.05, 4.69) is 5.32 Å². The molecule has 2 heterocycles. The Labute approximate surface area is 141 Å². The van der Waals surface area contributed by atoms with Crippen LogP contribution in [0, 0.1) is 11.8 Å². The molecule has 3 rings (SSSR count). The van der Waals surface area contributed by atoms with Gasteiger partial charge in [-0.1, -0.05) is 0 Å². The van der Waals surface area contributed by atoms with Crippen LogP contribution in [0.5, 0.6) is 0 Å². The molecule has 23 heavy (non-hydrogen) atoms. The molecule has 1 aliphatic carbocycles. The van der Waals surface area contributed by atoms with Gasteiger partial charge in [0.15, 0.2) is 0 Å². The Morgan fingerprint density at radius 1 is 1.30 bits per heavy atom. The number of carbonyl (C=O) groups is 2. The molecule has 2 amide bonds. The molecule has 0 aromatic carbocycles. The third-order valence-corrected chi connectivity index (χ3v) is 5.30. The molecule has 1 aromatic rings. The SMILES string of the molecule is CC(C)(C)OC(=O)N[C@@H]1CC[C@@H]2CN(C(=O)c3ccsc3)C[C@@H]21. The number of hydrogen-bond acceptors (Lipinski definition) is 4. The Kier molecular flexibility index (Phi) is 4.36. The summed E-state index contributed by atoms with van der Waals surface area (Å²) in [6.07, 6.45) is 1.67. The van der Waals surface area contributed by atoms with Gasteiger partial charge in [0.25, 0.3) is 5.91 Å². The van der Waals surface area contributed by atoms with Crippen LogP contribution >= 0.6 is 11.3 Å². The predicted molar refractivity (Wildman–Crippen MR) is 89.6 cm³/mol. The summed E-state index contributed by atoms with van der Waals surface area (Å²) in [4.78, 5) is 26.4. The number of fused-ring (bicyclic) bond motifs is 1. The Morgan fingerprint density at radius 3 is 2.74 bits per heavy atom. The molecule has 0 bridgehead atoms. The van der Waals surface area contributed by atoms with Crippen LogP contribution in [0.2, 0.25) is 0 Å². The van der Waals surface area contributed by atoms with Crippen molar-refractivity contribution < 1.29 is 14.3 Å². The second-order valence-corrected chi connectivity index (χ2v) is 8.26. The molecule has 1 saturated heterocycles. The van der Waals surface area contributed by atoms with Gasteiger partial charge in [-0.3, -0.25) is 4.79 Å². The number of nitrogens with zero attached hydrogens (tertiary/aromatic N) is 1. The van der Waals surface area contributed by atoms with Crippen molar-refractivity contribution in [3.05, 3.63) is 22.4 Å². The fourth-order valence-electron chi connectivity index (χ4n) is 3.64. The van der Waals surface area contributed by atoms with Crippen LogP contribution in [0.3, 0.4) is 0 Å². The average Bonchev–Trinajstić information content (AvgIpc) is 3.13. The third-order valence-electron chi connectivity index (χ3n) is 4.61. The highest BCUT2D eigenvalue weighted by Crippen LogP contribution is 2.38. The predicted octanol–water partition coefficient (Wildman–Crippen LogP) is 3.12. The Morgan fingerprint density at radius 2 is 2.09 bits per heavy atom. The lowest BCUT2D eigenvalue weighted by Crippen LogP contribution is -2.42. The first kappa shape index (κ1) is 16.3. The molecule has 3 atom stereocenters. The number of hydrogen-bond donors (Lipinski definition) is 1.